The average Bonchev–Trinajstić information content (AvgIpc) is 2.86. The first-order valence-electron chi connectivity index (χ1n) is 11.4. The van der Waals surface area contributed by atoms with E-state index in [-0.39, 0.29) is 16.9 Å². The SMILES string of the molecule is N=c1oc2ccccc2cc1C(=O)Nc1cc(Br)ccc1N1CCN(Cc2ccc(F)cc2)CC1. The van der Waals surface area contributed by atoms with Crippen LogP contribution >= 0.6 is 15.9 Å². The topological polar surface area (TPSA) is 72.6 Å². The highest BCUT2D eigenvalue weighted by atomic mass is 79.9. The Balaban J connectivity index is 1.32. The molecule has 0 radical (unpaired) electrons. The van der Waals surface area contributed by atoms with E-state index in [1.54, 1.807) is 12.1 Å². The molecule has 2 N–H and O–H groups in total. The highest BCUT2D eigenvalue weighted by molar-refractivity contribution is 9.10. The largest absolute Gasteiger partial charge is 0.438 e. The van der Waals surface area contributed by atoms with Gasteiger partial charge in [0.15, 0.2) is 0 Å². The first-order chi connectivity index (χ1) is 17.0. The number of fused-ring (bicyclic) bond motifs is 1. The van der Waals surface area contributed by atoms with Gasteiger partial charge in [-0.2, -0.15) is 0 Å². The van der Waals surface area contributed by atoms with Crippen molar-refractivity contribution >= 4 is 44.2 Å². The van der Waals surface area contributed by atoms with Gasteiger partial charge >= 0.3 is 0 Å². The highest BCUT2D eigenvalue weighted by Gasteiger charge is 2.21. The Morgan fingerprint density at radius 3 is 2.51 bits per heavy atom. The van der Waals surface area contributed by atoms with Crippen molar-refractivity contribution in [2.75, 3.05) is 36.4 Å². The Bertz CT molecular complexity index is 1430. The fourth-order valence-electron chi connectivity index (χ4n) is 4.32. The number of anilines is 2. The second kappa shape index (κ2) is 10.0. The Labute approximate surface area is 210 Å². The summed E-state index contributed by atoms with van der Waals surface area (Å²) in [6.07, 6.45) is 0. The summed E-state index contributed by atoms with van der Waals surface area (Å²) in [5.74, 6) is -0.614. The van der Waals surface area contributed by atoms with Crippen LogP contribution in [0, 0.1) is 11.2 Å². The van der Waals surface area contributed by atoms with Crippen molar-refractivity contribution in [2.45, 2.75) is 6.54 Å². The smallest absolute Gasteiger partial charge is 0.261 e. The van der Waals surface area contributed by atoms with E-state index in [1.165, 1.54) is 12.1 Å². The molecule has 3 aromatic carbocycles. The Morgan fingerprint density at radius 1 is 1.00 bits per heavy atom. The molecule has 0 unspecified atom stereocenters. The van der Waals surface area contributed by atoms with Crippen LogP contribution in [0.15, 0.2) is 81.7 Å². The molecule has 6 nitrogen and oxygen atoms in total. The standard InChI is InChI=1S/C27H24BrFN4O2/c28-20-7-10-24(33-13-11-32(12-14-33)17-18-5-8-21(29)9-6-18)23(16-20)31-27(34)22-15-19-3-1-2-4-25(19)35-26(22)30/h1-10,15-16,30H,11-14,17H2,(H,31,34). The van der Waals surface area contributed by atoms with Crippen molar-refractivity contribution in [3.63, 3.8) is 0 Å². The summed E-state index contributed by atoms with van der Waals surface area (Å²) in [6.45, 7) is 4.06. The number of carbonyl (C=O) groups excluding carboxylic acids is 1. The number of benzene rings is 3. The van der Waals surface area contributed by atoms with Gasteiger partial charge in [-0.05, 0) is 48.0 Å². The Kier molecular flexibility index (Phi) is 6.66. The van der Waals surface area contributed by atoms with Gasteiger partial charge in [0.05, 0.1) is 11.4 Å². The molecule has 0 saturated carbocycles. The molecular weight excluding hydrogens is 511 g/mol. The molecule has 0 aliphatic carbocycles. The van der Waals surface area contributed by atoms with Gasteiger partial charge in [0.2, 0.25) is 5.55 Å². The molecule has 1 amide bonds. The normalized spacial score (nSPS) is 14.3. The van der Waals surface area contributed by atoms with Gasteiger partial charge in [-0.3, -0.25) is 15.1 Å². The number of rotatable bonds is 5. The van der Waals surface area contributed by atoms with Gasteiger partial charge < -0.3 is 14.6 Å². The van der Waals surface area contributed by atoms with Crippen LogP contribution in [-0.2, 0) is 6.54 Å². The van der Waals surface area contributed by atoms with Gasteiger partial charge in [-0.15, -0.1) is 0 Å². The van der Waals surface area contributed by atoms with E-state index < -0.39 is 5.91 Å². The van der Waals surface area contributed by atoms with E-state index in [0.29, 0.717) is 11.3 Å². The lowest BCUT2D eigenvalue weighted by Gasteiger charge is -2.37. The van der Waals surface area contributed by atoms with Crippen molar-refractivity contribution in [1.82, 2.24) is 4.90 Å². The molecule has 178 valence electrons. The van der Waals surface area contributed by atoms with E-state index in [4.69, 9.17) is 9.83 Å². The molecule has 1 fully saturated rings. The van der Waals surface area contributed by atoms with Crippen molar-refractivity contribution in [2.24, 2.45) is 0 Å². The number of para-hydroxylation sites is 1. The van der Waals surface area contributed by atoms with Crippen LogP contribution in [-0.4, -0.2) is 37.0 Å². The molecule has 0 bridgehead atoms. The summed E-state index contributed by atoms with van der Waals surface area (Å²) in [5, 5.41) is 11.9. The van der Waals surface area contributed by atoms with Crippen molar-refractivity contribution < 1.29 is 13.6 Å². The molecule has 35 heavy (non-hydrogen) atoms. The van der Waals surface area contributed by atoms with Gasteiger partial charge in [0.25, 0.3) is 5.91 Å². The lowest BCUT2D eigenvalue weighted by Crippen LogP contribution is -2.46. The van der Waals surface area contributed by atoms with Crippen LogP contribution in [0.25, 0.3) is 11.0 Å². The number of hydrogen-bond acceptors (Lipinski definition) is 5. The molecule has 1 aliphatic heterocycles. The highest BCUT2D eigenvalue weighted by Crippen LogP contribution is 2.31. The molecule has 0 atom stereocenters. The Morgan fingerprint density at radius 2 is 1.74 bits per heavy atom. The Hall–Kier alpha value is -3.49. The van der Waals surface area contributed by atoms with E-state index in [0.717, 1.165) is 53.8 Å². The van der Waals surface area contributed by atoms with E-state index in [2.05, 4.69) is 31.0 Å². The molecule has 2 heterocycles. The summed E-state index contributed by atoms with van der Waals surface area (Å²) in [4.78, 5) is 17.7. The fourth-order valence-corrected chi connectivity index (χ4v) is 4.68. The number of piperazine rings is 1. The molecule has 0 spiro atoms. The van der Waals surface area contributed by atoms with Crippen LogP contribution in [0.3, 0.4) is 0 Å². The van der Waals surface area contributed by atoms with Crippen LogP contribution < -0.4 is 15.8 Å². The predicted octanol–water partition coefficient (Wildman–Crippen LogP) is 5.39. The minimum Gasteiger partial charge on any atom is -0.438 e. The average molecular weight is 535 g/mol. The van der Waals surface area contributed by atoms with Crippen LogP contribution in [0.4, 0.5) is 15.8 Å². The molecule has 1 aliphatic rings. The van der Waals surface area contributed by atoms with Gasteiger partial charge in [0.1, 0.15) is 17.0 Å². The number of halogens is 2. The number of nitrogens with one attached hydrogen (secondary N) is 2. The third kappa shape index (κ3) is 5.28. The van der Waals surface area contributed by atoms with Crippen molar-refractivity contribution in [1.29, 1.82) is 5.41 Å². The number of amides is 1. The third-order valence-electron chi connectivity index (χ3n) is 6.16. The molecular formula is C27H24BrFN4O2. The predicted molar refractivity (Wildman–Crippen MR) is 138 cm³/mol. The van der Waals surface area contributed by atoms with Gasteiger partial charge in [0, 0.05) is 42.6 Å². The number of carbonyl (C=O) groups is 1. The lowest BCUT2D eigenvalue weighted by atomic mass is 10.1. The fraction of sp³-hybridized carbons (Fsp3) is 0.185. The lowest BCUT2D eigenvalue weighted by molar-refractivity contribution is 0.102. The zero-order chi connectivity index (χ0) is 24.4. The minimum atomic E-state index is -0.390. The maximum absolute atomic E-state index is 13.2. The van der Waals surface area contributed by atoms with Crippen LogP contribution in [0.5, 0.6) is 0 Å². The summed E-state index contributed by atoms with van der Waals surface area (Å²) in [5.41, 5.74) is 3.25. The first kappa shape index (κ1) is 23.3. The van der Waals surface area contributed by atoms with Gasteiger partial charge in [-0.1, -0.05) is 46.3 Å². The van der Waals surface area contributed by atoms with E-state index in [1.807, 2.05) is 48.5 Å². The van der Waals surface area contributed by atoms with Crippen LogP contribution in [0.1, 0.15) is 15.9 Å². The monoisotopic (exact) mass is 534 g/mol. The number of hydrogen-bond donors (Lipinski definition) is 2. The summed E-state index contributed by atoms with van der Waals surface area (Å²) in [6, 6.07) is 21.5. The summed E-state index contributed by atoms with van der Waals surface area (Å²) in [7, 11) is 0. The maximum Gasteiger partial charge on any atom is 0.261 e. The summed E-state index contributed by atoms with van der Waals surface area (Å²) < 4.78 is 19.6. The molecule has 1 aromatic heterocycles. The zero-order valence-electron chi connectivity index (χ0n) is 18.9. The second-order valence-electron chi connectivity index (χ2n) is 8.53. The van der Waals surface area contributed by atoms with E-state index in [9.17, 15) is 9.18 Å². The maximum atomic E-state index is 13.2. The van der Waals surface area contributed by atoms with Crippen molar-refractivity contribution in [3.05, 3.63) is 99.8 Å². The first-order valence-corrected chi connectivity index (χ1v) is 12.2. The molecule has 8 heteroatoms. The third-order valence-corrected chi connectivity index (χ3v) is 6.65. The quantitative estimate of drug-likeness (QED) is 0.360. The number of nitrogens with zero attached hydrogens (tertiary/aromatic N) is 2. The second-order valence-corrected chi connectivity index (χ2v) is 9.45. The van der Waals surface area contributed by atoms with E-state index >= 15 is 0 Å². The zero-order valence-corrected chi connectivity index (χ0v) is 20.5. The minimum absolute atomic E-state index is 0.174. The molecule has 5 rings (SSSR count). The molecule has 4 aromatic rings. The van der Waals surface area contributed by atoms with Crippen LogP contribution in [0.2, 0.25) is 0 Å². The van der Waals surface area contributed by atoms with Gasteiger partial charge in [-0.25, -0.2) is 4.39 Å². The van der Waals surface area contributed by atoms with Crippen molar-refractivity contribution in [3.8, 4) is 0 Å². The molecule has 1 saturated heterocycles. The summed E-state index contributed by atoms with van der Waals surface area (Å²) >= 11 is 3.50.